The molecule has 0 aliphatic carbocycles. The van der Waals surface area contributed by atoms with Crippen LogP contribution in [0.25, 0.3) is 0 Å². The van der Waals surface area contributed by atoms with Crippen molar-refractivity contribution in [3.8, 4) is 5.75 Å². The third-order valence-corrected chi connectivity index (χ3v) is 3.00. The molecule has 0 unspecified atom stereocenters. The molecule has 5 heteroatoms. The first-order valence-electron chi connectivity index (χ1n) is 6.03. The normalized spacial score (nSPS) is 10.2. The first-order chi connectivity index (χ1) is 9.52. The Bertz CT molecular complexity index is 633. The quantitative estimate of drug-likeness (QED) is 0.846. The molecule has 0 saturated carbocycles. The second-order valence-corrected chi connectivity index (χ2v) is 4.33. The second-order valence-electron chi connectivity index (χ2n) is 4.33. The zero-order valence-corrected chi connectivity index (χ0v) is 11.2. The van der Waals surface area contributed by atoms with E-state index in [1.54, 1.807) is 31.2 Å². The highest BCUT2D eigenvalue weighted by Gasteiger charge is 2.13. The van der Waals surface area contributed by atoms with Gasteiger partial charge in [-0.15, -0.1) is 0 Å². The van der Waals surface area contributed by atoms with E-state index in [9.17, 15) is 9.18 Å². The molecule has 0 aliphatic rings. The Morgan fingerprint density at radius 3 is 2.65 bits per heavy atom. The topological polar surface area (TPSA) is 64.3 Å². The average molecular weight is 274 g/mol. The predicted molar refractivity (Wildman–Crippen MR) is 76.5 cm³/mol. The molecular weight excluding hydrogens is 259 g/mol. The van der Waals surface area contributed by atoms with E-state index in [0.29, 0.717) is 17.0 Å². The number of benzene rings is 2. The van der Waals surface area contributed by atoms with Crippen molar-refractivity contribution in [2.24, 2.45) is 0 Å². The fourth-order valence-corrected chi connectivity index (χ4v) is 1.77. The summed E-state index contributed by atoms with van der Waals surface area (Å²) in [6.07, 6.45) is 0. The van der Waals surface area contributed by atoms with Crippen LogP contribution in [-0.4, -0.2) is 13.0 Å². The maximum absolute atomic E-state index is 13.6. The van der Waals surface area contributed by atoms with E-state index in [0.717, 1.165) is 6.07 Å². The van der Waals surface area contributed by atoms with Gasteiger partial charge in [0, 0.05) is 16.8 Å². The number of ether oxygens (including phenoxy) is 1. The Morgan fingerprint density at radius 1 is 1.30 bits per heavy atom. The van der Waals surface area contributed by atoms with Crippen molar-refractivity contribution in [1.82, 2.24) is 0 Å². The number of methoxy groups -OCH3 is 1. The van der Waals surface area contributed by atoms with E-state index in [-0.39, 0.29) is 11.3 Å². The van der Waals surface area contributed by atoms with E-state index in [1.165, 1.54) is 13.2 Å². The van der Waals surface area contributed by atoms with Gasteiger partial charge in [-0.3, -0.25) is 4.79 Å². The van der Waals surface area contributed by atoms with Crippen LogP contribution in [0.15, 0.2) is 36.4 Å². The summed E-state index contributed by atoms with van der Waals surface area (Å²) >= 11 is 0. The molecule has 1 amide bonds. The maximum Gasteiger partial charge on any atom is 0.255 e. The van der Waals surface area contributed by atoms with Gasteiger partial charge in [0.1, 0.15) is 11.6 Å². The molecule has 4 nitrogen and oxygen atoms in total. The number of nitrogens with two attached hydrogens (primary N) is 1. The fourth-order valence-electron chi connectivity index (χ4n) is 1.77. The van der Waals surface area contributed by atoms with Gasteiger partial charge in [-0.1, -0.05) is 12.1 Å². The van der Waals surface area contributed by atoms with E-state index >= 15 is 0 Å². The number of anilines is 2. The summed E-state index contributed by atoms with van der Waals surface area (Å²) in [5.41, 5.74) is 6.92. The van der Waals surface area contributed by atoms with Crippen LogP contribution in [0.2, 0.25) is 0 Å². The van der Waals surface area contributed by atoms with Gasteiger partial charge < -0.3 is 15.8 Å². The smallest absolute Gasteiger partial charge is 0.255 e. The lowest BCUT2D eigenvalue weighted by Gasteiger charge is -2.11. The molecule has 0 radical (unpaired) electrons. The minimum Gasteiger partial charge on any atom is -0.495 e. The predicted octanol–water partition coefficient (Wildman–Crippen LogP) is 2.98. The van der Waals surface area contributed by atoms with Crippen LogP contribution in [0.4, 0.5) is 15.8 Å². The summed E-state index contributed by atoms with van der Waals surface area (Å²) in [6, 6.07) is 9.59. The molecule has 0 saturated heterocycles. The summed E-state index contributed by atoms with van der Waals surface area (Å²) in [4.78, 5) is 12.1. The number of nitrogen functional groups attached to an aromatic ring is 1. The number of carbonyl (C=O) groups excluding carboxylic acids is 1. The minimum atomic E-state index is -0.504. The zero-order chi connectivity index (χ0) is 14.7. The Kier molecular flexibility index (Phi) is 3.89. The van der Waals surface area contributed by atoms with Gasteiger partial charge in [-0.05, 0) is 31.2 Å². The molecule has 3 N–H and O–H groups in total. The maximum atomic E-state index is 13.6. The molecule has 104 valence electrons. The van der Waals surface area contributed by atoms with Crippen molar-refractivity contribution < 1.29 is 13.9 Å². The number of amides is 1. The minimum absolute atomic E-state index is 0.163. The van der Waals surface area contributed by atoms with Gasteiger partial charge in [0.25, 0.3) is 5.91 Å². The number of nitrogens with one attached hydrogen (secondary N) is 1. The van der Waals surface area contributed by atoms with Crippen LogP contribution in [0.1, 0.15) is 15.9 Å². The summed E-state index contributed by atoms with van der Waals surface area (Å²) in [5, 5.41) is 2.67. The molecule has 0 aromatic heterocycles. The Balaban J connectivity index is 2.29. The van der Waals surface area contributed by atoms with Gasteiger partial charge in [0.05, 0.1) is 12.8 Å². The van der Waals surface area contributed by atoms with Gasteiger partial charge in [0.2, 0.25) is 0 Å². The molecule has 0 atom stereocenters. The molecular formula is C15H15FN2O2. The van der Waals surface area contributed by atoms with Crippen LogP contribution < -0.4 is 15.8 Å². The molecule has 2 aromatic carbocycles. The summed E-state index contributed by atoms with van der Waals surface area (Å²) in [7, 11) is 1.51. The highest BCUT2D eigenvalue weighted by Crippen LogP contribution is 2.24. The van der Waals surface area contributed by atoms with E-state index in [1.807, 2.05) is 0 Å². The van der Waals surface area contributed by atoms with Crippen molar-refractivity contribution in [3.05, 3.63) is 53.3 Å². The molecule has 2 rings (SSSR count). The lowest BCUT2D eigenvalue weighted by atomic mass is 10.1. The highest BCUT2D eigenvalue weighted by atomic mass is 19.1. The van der Waals surface area contributed by atoms with Crippen LogP contribution >= 0.6 is 0 Å². The molecule has 0 spiro atoms. The van der Waals surface area contributed by atoms with E-state index in [2.05, 4.69) is 5.32 Å². The van der Waals surface area contributed by atoms with Crippen molar-refractivity contribution in [1.29, 1.82) is 0 Å². The SMILES string of the molecule is COc1ccccc1NC(=O)c1cc(N)c(C)c(F)c1. The number of hydrogen-bond acceptors (Lipinski definition) is 3. The number of rotatable bonds is 3. The molecule has 0 heterocycles. The Hall–Kier alpha value is -2.56. The van der Waals surface area contributed by atoms with Crippen molar-refractivity contribution >= 4 is 17.3 Å². The summed E-state index contributed by atoms with van der Waals surface area (Å²) in [5.74, 6) is -0.420. The standard InChI is InChI=1S/C15H15FN2O2/c1-9-11(16)7-10(8-12(9)17)15(19)18-13-5-3-4-6-14(13)20-2/h3-8H,17H2,1-2H3,(H,18,19). The monoisotopic (exact) mass is 274 g/mol. The summed E-state index contributed by atoms with van der Waals surface area (Å²) in [6.45, 7) is 1.56. The van der Waals surface area contributed by atoms with Gasteiger partial charge >= 0.3 is 0 Å². The van der Waals surface area contributed by atoms with Crippen molar-refractivity contribution in [3.63, 3.8) is 0 Å². The van der Waals surface area contributed by atoms with Gasteiger partial charge in [-0.2, -0.15) is 0 Å². The zero-order valence-electron chi connectivity index (χ0n) is 11.2. The third-order valence-electron chi connectivity index (χ3n) is 3.00. The fraction of sp³-hybridized carbons (Fsp3) is 0.133. The molecule has 20 heavy (non-hydrogen) atoms. The number of para-hydroxylation sites is 2. The van der Waals surface area contributed by atoms with E-state index in [4.69, 9.17) is 10.5 Å². The average Bonchev–Trinajstić information content (AvgIpc) is 2.44. The van der Waals surface area contributed by atoms with Crippen LogP contribution in [0.5, 0.6) is 5.75 Å². The number of carbonyl (C=O) groups is 1. The first kappa shape index (κ1) is 13.9. The number of hydrogen-bond donors (Lipinski definition) is 2. The van der Waals surface area contributed by atoms with Crippen molar-refractivity contribution in [2.45, 2.75) is 6.92 Å². The van der Waals surface area contributed by atoms with Crippen molar-refractivity contribution in [2.75, 3.05) is 18.2 Å². The van der Waals surface area contributed by atoms with Gasteiger partial charge in [0.15, 0.2) is 0 Å². The molecule has 0 fully saturated rings. The third kappa shape index (κ3) is 2.71. The second kappa shape index (κ2) is 5.61. The van der Waals surface area contributed by atoms with Gasteiger partial charge in [-0.25, -0.2) is 4.39 Å². The Labute approximate surface area is 116 Å². The largest absolute Gasteiger partial charge is 0.495 e. The van der Waals surface area contributed by atoms with Crippen LogP contribution in [0, 0.1) is 12.7 Å². The lowest BCUT2D eigenvalue weighted by molar-refractivity contribution is 0.102. The lowest BCUT2D eigenvalue weighted by Crippen LogP contribution is -2.13. The highest BCUT2D eigenvalue weighted by molar-refractivity contribution is 6.05. The first-order valence-corrected chi connectivity index (χ1v) is 6.03. The molecule has 0 aliphatic heterocycles. The molecule has 2 aromatic rings. The Morgan fingerprint density at radius 2 is 2.00 bits per heavy atom. The van der Waals surface area contributed by atoms with Crippen LogP contribution in [0.3, 0.4) is 0 Å². The number of halogens is 1. The van der Waals surface area contributed by atoms with Crippen LogP contribution in [-0.2, 0) is 0 Å². The van der Waals surface area contributed by atoms with E-state index < -0.39 is 11.7 Å². The molecule has 0 bridgehead atoms. The summed E-state index contributed by atoms with van der Waals surface area (Å²) < 4.78 is 18.7.